The predicted molar refractivity (Wildman–Crippen MR) is 74.8 cm³/mol. The lowest BCUT2D eigenvalue weighted by Crippen LogP contribution is -2.43. The van der Waals surface area contributed by atoms with Crippen molar-refractivity contribution in [3.63, 3.8) is 0 Å². The Kier molecular flexibility index (Phi) is 3.90. The molecule has 1 aliphatic rings. The van der Waals surface area contributed by atoms with Crippen LogP contribution in [-0.4, -0.2) is 30.0 Å². The number of likely N-dealkylation sites (N-methyl/N-ethyl adjacent to an activating group) is 1. The summed E-state index contributed by atoms with van der Waals surface area (Å²) in [6.45, 7) is 4.66. The zero-order valence-corrected chi connectivity index (χ0v) is 11.3. The van der Waals surface area contributed by atoms with E-state index < -0.39 is 5.54 Å². The van der Waals surface area contributed by atoms with Crippen LogP contribution in [0.15, 0.2) is 36.9 Å². The second-order valence-electron chi connectivity index (χ2n) is 5.06. The molecule has 4 nitrogen and oxygen atoms in total. The fourth-order valence-corrected chi connectivity index (χ4v) is 1.92. The van der Waals surface area contributed by atoms with Crippen molar-refractivity contribution in [1.82, 2.24) is 4.90 Å². The molecule has 0 aromatic heterocycles. The molecule has 2 N–H and O–H groups in total. The number of nitrogens with zero attached hydrogens (tertiary/aromatic N) is 1. The molecule has 2 rings (SSSR count). The molecule has 0 aliphatic heterocycles. The summed E-state index contributed by atoms with van der Waals surface area (Å²) in [6.07, 6.45) is 3.30. The van der Waals surface area contributed by atoms with Gasteiger partial charge in [-0.3, -0.25) is 4.79 Å². The number of carbonyl (C=O) groups excluding carboxylic acids is 1. The lowest BCUT2D eigenvalue weighted by Gasteiger charge is -2.21. The van der Waals surface area contributed by atoms with Gasteiger partial charge in [-0.15, -0.1) is 0 Å². The molecule has 1 aromatic rings. The molecular formula is C15H20N2O2. The second kappa shape index (κ2) is 5.45. The first-order valence-electron chi connectivity index (χ1n) is 6.42. The van der Waals surface area contributed by atoms with Crippen LogP contribution < -0.4 is 10.5 Å². The third-order valence-electron chi connectivity index (χ3n) is 3.27. The van der Waals surface area contributed by atoms with Crippen molar-refractivity contribution in [2.75, 3.05) is 13.7 Å². The number of hydrogen-bond acceptors (Lipinski definition) is 3. The number of carbonyl (C=O) groups is 1. The quantitative estimate of drug-likeness (QED) is 0.792. The van der Waals surface area contributed by atoms with Gasteiger partial charge in [0, 0.05) is 13.6 Å². The maximum Gasteiger partial charge on any atom is 0.242 e. The zero-order chi connectivity index (χ0) is 13.9. The lowest BCUT2D eigenvalue weighted by molar-refractivity contribution is -0.132. The van der Waals surface area contributed by atoms with E-state index in [0.717, 1.165) is 24.2 Å². The van der Waals surface area contributed by atoms with E-state index in [9.17, 15) is 4.79 Å². The Bertz CT molecular complexity index is 464. The van der Waals surface area contributed by atoms with Gasteiger partial charge in [0.2, 0.25) is 5.91 Å². The van der Waals surface area contributed by atoms with Gasteiger partial charge in [-0.05, 0) is 30.5 Å². The number of amides is 1. The molecule has 0 spiro atoms. The topological polar surface area (TPSA) is 55.6 Å². The van der Waals surface area contributed by atoms with Gasteiger partial charge in [-0.25, -0.2) is 0 Å². The molecule has 0 saturated heterocycles. The Balaban J connectivity index is 1.91. The first-order chi connectivity index (χ1) is 9.05. The van der Waals surface area contributed by atoms with Crippen LogP contribution in [-0.2, 0) is 11.3 Å². The number of nitrogens with two attached hydrogens (primary N) is 1. The van der Waals surface area contributed by atoms with E-state index in [1.54, 1.807) is 18.0 Å². The van der Waals surface area contributed by atoms with Crippen LogP contribution in [0.25, 0.3) is 0 Å². The molecule has 0 radical (unpaired) electrons. The van der Waals surface area contributed by atoms with Crippen molar-refractivity contribution in [3.8, 4) is 5.75 Å². The van der Waals surface area contributed by atoms with Crippen molar-refractivity contribution in [1.29, 1.82) is 0 Å². The van der Waals surface area contributed by atoms with Crippen molar-refractivity contribution in [2.24, 2.45) is 5.73 Å². The average molecular weight is 260 g/mol. The Morgan fingerprint density at radius 2 is 2.11 bits per heavy atom. The van der Waals surface area contributed by atoms with E-state index in [1.807, 2.05) is 24.3 Å². The Morgan fingerprint density at radius 1 is 1.47 bits per heavy atom. The van der Waals surface area contributed by atoms with Crippen LogP contribution >= 0.6 is 0 Å². The number of ether oxygens (including phenoxy) is 1. The van der Waals surface area contributed by atoms with Gasteiger partial charge in [0.25, 0.3) is 0 Å². The molecule has 1 aromatic carbocycles. The van der Waals surface area contributed by atoms with Crippen molar-refractivity contribution >= 4 is 5.91 Å². The van der Waals surface area contributed by atoms with Crippen LogP contribution in [0.2, 0.25) is 0 Å². The van der Waals surface area contributed by atoms with E-state index in [2.05, 4.69) is 6.58 Å². The smallest absolute Gasteiger partial charge is 0.242 e. The van der Waals surface area contributed by atoms with E-state index >= 15 is 0 Å². The molecule has 19 heavy (non-hydrogen) atoms. The molecule has 1 saturated carbocycles. The van der Waals surface area contributed by atoms with E-state index in [1.165, 1.54) is 0 Å². The Labute approximate surface area is 113 Å². The summed E-state index contributed by atoms with van der Waals surface area (Å²) in [5.74, 6) is 0.828. The SMILES string of the molecule is C=CCOc1ccc(CN(C)C(=O)C2(N)CC2)cc1. The minimum Gasteiger partial charge on any atom is -0.490 e. The molecule has 0 bridgehead atoms. The molecule has 1 fully saturated rings. The predicted octanol–water partition coefficient (Wildman–Crippen LogP) is 1.70. The van der Waals surface area contributed by atoms with E-state index in [4.69, 9.17) is 10.5 Å². The zero-order valence-electron chi connectivity index (χ0n) is 11.3. The standard InChI is InChI=1S/C15H20N2O2/c1-3-10-19-13-6-4-12(5-7-13)11-17(2)14(18)15(16)8-9-15/h3-7H,1,8-11,16H2,2H3. The highest BCUT2D eigenvalue weighted by Crippen LogP contribution is 2.34. The molecule has 1 amide bonds. The van der Waals surface area contributed by atoms with Gasteiger partial charge in [-0.1, -0.05) is 24.8 Å². The summed E-state index contributed by atoms with van der Waals surface area (Å²) in [5.41, 5.74) is 6.37. The van der Waals surface area contributed by atoms with Crippen LogP contribution in [0.4, 0.5) is 0 Å². The summed E-state index contributed by atoms with van der Waals surface area (Å²) in [6, 6.07) is 7.70. The maximum atomic E-state index is 12.0. The first kappa shape index (κ1) is 13.6. The third kappa shape index (κ3) is 3.35. The normalized spacial score (nSPS) is 15.7. The van der Waals surface area contributed by atoms with Gasteiger partial charge >= 0.3 is 0 Å². The molecule has 102 valence electrons. The van der Waals surface area contributed by atoms with Gasteiger partial charge in [0.15, 0.2) is 0 Å². The highest BCUT2D eigenvalue weighted by Gasteiger charge is 2.47. The van der Waals surface area contributed by atoms with Crippen LogP contribution in [0.5, 0.6) is 5.75 Å². The number of rotatable bonds is 6. The van der Waals surface area contributed by atoms with Crippen molar-refractivity contribution < 1.29 is 9.53 Å². The monoisotopic (exact) mass is 260 g/mol. The molecule has 1 aliphatic carbocycles. The van der Waals surface area contributed by atoms with Gasteiger partial charge in [0.1, 0.15) is 12.4 Å². The third-order valence-corrected chi connectivity index (χ3v) is 3.27. The molecule has 4 heteroatoms. The molecule has 0 unspecified atom stereocenters. The first-order valence-corrected chi connectivity index (χ1v) is 6.42. The van der Waals surface area contributed by atoms with Gasteiger partial charge in [-0.2, -0.15) is 0 Å². The molecule has 0 atom stereocenters. The van der Waals surface area contributed by atoms with Crippen molar-refractivity contribution in [2.45, 2.75) is 24.9 Å². The minimum absolute atomic E-state index is 0.0273. The summed E-state index contributed by atoms with van der Waals surface area (Å²) in [5, 5.41) is 0. The largest absolute Gasteiger partial charge is 0.490 e. The Morgan fingerprint density at radius 3 is 2.63 bits per heavy atom. The summed E-state index contributed by atoms with van der Waals surface area (Å²) >= 11 is 0. The van der Waals surface area contributed by atoms with Crippen LogP contribution in [0.1, 0.15) is 18.4 Å². The number of benzene rings is 1. The van der Waals surface area contributed by atoms with Gasteiger partial charge in [0.05, 0.1) is 5.54 Å². The van der Waals surface area contributed by atoms with Gasteiger partial charge < -0.3 is 15.4 Å². The van der Waals surface area contributed by atoms with Crippen molar-refractivity contribution in [3.05, 3.63) is 42.5 Å². The highest BCUT2D eigenvalue weighted by atomic mass is 16.5. The van der Waals surface area contributed by atoms with E-state index in [-0.39, 0.29) is 5.91 Å². The highest BCUT2D eigenvalue weighted by molar-refractivity contribution is 5.88. The second-order valence-corrected chi connectivity index (χ2v) is 5.06. The average Bonchev–Trinajstić information content (AvgIpc) is 3.16. The summed E-state index contributed by atoms with van der Waals surface area (Å²) in [7, 11) is 1.79. The summed E-state index contributed by atoms with van der Waals surface area (Å²) in [4.78, 5) is 13.7. The lowest BCUT2D eigenvalue weighted by atomic mass is 10.2. The fraction of sp³-hybridized carbons (Fsp3) is 0.400. The minimum atomic E-state index is -0.595. The van der Waals surface area contributed by atoms with Crippen LogP contribution in [0, 0.1) is 0 Å². The number of hydrogen-bond donors (Lipinski definition) is 1. The molecular weight excluding hydrogens is 240 g/mol. The van der Waals surface area contributed by atoms with Crippen LogP contribution in [0.3, 0.4) is 0 Å². The Hall–Kier alpha value is -1.81. The maximum absolute atomic E-state index is 12.0. The molecule has 0 heterocycles. The summed E-state index contributed by atoms with van der Waals surface area (Å²) < 4.78 is 5.41. The fourth-order valence-electron chi connectivity index (χ4n) is 1.92. The van der Waals surface area contributed by atoms with E-state index in [0.29, 0.717) is 13.2 Å².